The zero-order chi connectivity index (χ0) is 22.5. The third kappa shape index (κ3) is 10.2. The van der Waals surface area contributed by atoms with Crippen molar-refractivity contribution >= 4 is 31.1 Å². The Hall–Kier alpha value is -1.37. The van der Waals surface area contributed by atoms with Crippen molar-refractivity contribution in [3.8, 4) is 0 Å². The molecule has 1 aliphatic carbocycles. The number of allylic oxidation sites excluding steroid dienone is 1. The third-order valence-electron chi connectivity index (χ3n) is 4.98. The van der Waals surface area contributed by atoms with Gasteiger partial charge in [0.1, 0.15) is 6.10 Å². The molecule has 9 heteroatoms. The smallest absolute Gasteiger partial charge is 0.412 e. The fourth-order valence-corrected chi connectivity index (χ4v) is 4.92. The predicted molar refractivity (Wildman–Crippen MR) is 127 cm³/mol. The minimum absolute atomic E-state index is 0.166. The number of amides is 1. The highest BCUT2D eigenvalue weighted by atomic mass is 35.5. The van der Waals surface area contributed by atoms with Crippen LogP contribution in [0.1, 0.15) is 51.5 Å². The molecule has 0 saturated carbocycles. The first-order valence-corrected chi connectivity index (χ1v) is 13.1. The van der Waals surface area contributed by atoms with Crippen LogP contribution >= 0.6 is 19.3 Å². The Morgan fingerprint density at radius 3 is 2.61 bits per heavy atom. The van der Waals surface area contributed by atoms with E-state index >= 15 is 0 Å². The van der Waals surface area contributed by atoms with E-state index in [1.807, 2.05) is 25.1 Å². The van der Waals surface area contributed by atoms with Crippen molar-refractivity contribution in [3.05, 3.63) is 42.0 Å². The number of halogens is 1. The maximum atomic E-state index is 12.8. The Kier molecular flexibility index (Phi) is 11.6. The number of ether oxygens (including phenoxy) is 1. The molecule has 3 atom stereocenters. The molecule has 0 radical (unpaired) electrons. The molecular weight excluding hydrogens is 437 g/mol. The van der Waals surface area contributed by atoms with Gasteiger partial charge in [0, 0.05) is 24.7 Å². The largest absolute Gasteiger partial charge is 0.442 e. The topological polar surface area (TPSA) is 88.7 Å². The summed E-state index contributed by atoms with van der Waals surface area (Å²) in [6.45, 7) is 5.35. The van der Waals surface area contributed by atoms with E-state index in [1.54, 1.807) is 12.1 Å². The van der Waals surface area contributed by atoms with Crippen LogP contribution in [0.4, 0.5) is 10.5 Å². The molecule has 2 rings (SSSR count). The number of benzene rings is 1. The number of anilines is 1. The molecule has 0 aliphatic heterocycles. The molecule has 174 valence electrons. The van der Waals surface area contributed by atoms with Crippen molar-refractivity contribution < 1.29 is 18.6 Å². The maximum absolute atomic E-state index is 12.8. The van der Waals surface area contributed by atoms with E-state index in [4.69, 9.17) is 20.9 Å². The normalized spacial score (nSPS) is 22.0. The summed E-state index contributed by atoms with van der Waals surface area (Å²) in [7, 11) is -3.16. The monoisotopic (exact) mass is 471 g/mol. The number of nitrogens with one attached hydrogen (secondary N) is 3. The highest BCUT2D eigenvalue weighted by Gasteiger charge is 2.21. The lowest BCUT2D eigenvalue weighted by molar-refractivity contribution is 0.124. The van der Waals surface area contributed by atoms with Gasteiger partial charge in [-0.15, -0.1) is 11.6 Å². The summed E-state index contributed by atoms with van der Waals surface area (Å²) >= 11 is 5.69. The quantitative estimate of drug-likeness (QED) is 0.214. The van der Waals surface area contributed by atoms with E-state index in [-0.39, 0.29) is 12.7 Å². The Morgan fingerprint density at radius 1 is 1.16 bits per heavy atom. The molecule has 1 aliphatic rings. The molecule has 3 N–H and O–H groups in total. The molecule has 31 heavy (non-hydrogen) atoms. The van der Waals surface area contributed by atoms with Crippen LogP contribution in [0.15, 0.2) is 36.4 Å². The van der Waals surface area contributed by atoms with Gasteiger partial charge in [0.05, 0.1) is 6.61 Å². The molecule has 1 aromatic rings. The molecule has 0 saturated heterocycles. The summed E-state index contributed by atoms with van der Waals surface area (Å²) in [4.78, 5) is 12.2. The van der Waals surface area contributed by atoms with Crippen molar-refractivity contribution in [1.29, 1.82) is 0 Å². The number of hydrogen-bond donors (Lipinski definition) is 3. The van der Waals surface area contributed by atoms with E-state index in [9.17, 15) is 9.36 Å². The highest BCUT2D eigenvalue weighted by Crippen LogP contribution is 2.38. The second-order valence-corrected chi connectivity index (χ2v) is 10.2. The van der Waals surface area contributed by atoms with Gasteiger partial charge in [0.25, 0.3) is 0 Å². The molecule has 0 bridgehead atoms. The summed E-state index contributed by atoms with van der Waals surface area (Å²) in [6.07, 6.45) is 8.34. The fraction of sp³-hybridized carbons (Fsp3) is 0.591. The summed E-state index contributed by atoms with van der Waals surface area (Å²) in [5, 5.41) is 8.53. The predicted octanol–water partition coefficient (Wildman–Crippen LogP) is 5.82. The van der Waals surface area contributed by atoms with Crippen molar-refractivity contribution in [1.82, 2.24) is 10.2 Å². The number of carbonyl (C=O) groups is 1. The number of hydrogen-bond acceptors (Lipinski definition) is 4. The number of alkyl halides is 1. The molecule has 1 unspecified atom stereocenters. The second-order valence-electron chi connectivity index (χ2n) is 7.78. The van der Waals surface area contributed by atoms with Gasteiger partial charge >= 0.3 is 13.8 Å². The van der Waals surface area contributed by atoms with Crippen LogP contribution in [-0.2, 0) is 20.4 Å². The zero-order valence-corrected chi connectivity index (χ0v) is 20.1. The van der Waals surface area contributed by atoms with Crippen molar-refractivity contribution in [2.75, 3.05) is 24.3 Å². The van der Waals surface area contributed by atoms with Gasteiger partial charge in [-0.3, -0.25) is 9.88 Å². The molecule has 0 fully saturated rings. The minimum Gasteiger partial charge on any atom is -0.442 e. The average molecular weight is 472 g/mol. The lowest BCUT2D eigenvalue weighted by Crippen LogP contribution is -2.26. The van der Waals surface area contributed by atoms with Gasteiger partial charge in [0.2, 0.25) is 0 Å². The van der Waals surface area contributed by atoms with Crippen LogP contribution in [0.2, 0.25) is 0 Å². The summed E-state index contributed by atoms with van der Waals surface area (Å²) in [6, 6.07) is 7.18. The van der Waals surface area contributed by atoms with Crippen molar-refractivity contribution in [3.63, 3.8) is 0 Å². The molecule has 0 spiro atoms. The lowest BCUT2D eigenvalue weighted by atomic mass is 9.95. The maximum Gasteiger partial charge on any atom is 0.412 e. The van der Waals surface area contributed by atoms with E-state index in [0.717, 1.165) is 31.2 Å². The van der Waals surface area contributed by atoms with Gasteiger partial charge in [-0.2, -0.15) is 0 Å². The van der Waals surface area contributed by atoms with Gasteiger partial charge in [-0.1, -0.05) is 32.1 Å². The number of carbonyl (C=O) groups excluding carboxylic acids is 1. The molecule has 0 aromatic heterocycles. The van der Waals surface area contributed by atoms with Crippen LogP contribution in [-0.4, -0.2) is 31.2 Å². The molecule has 1 amide bonds. The van der Waals surface area contributed by atoms with Gasteiger partial charge in [-0.05, 0) is 61.8 Å². The van der Waals surface area contributed by atoms with Gasteiger partial charge < -0.3 is 9.26 Å². The standard InChI is InChI=1S/C22H35ClN3O4P/c1-3-15-24-31(28,25-16-14-23)29-17-19-9-11-20(12-10-19)26-22(27)30-21-7-5-4-6-18(2)8-13-21/h5,7,9-12,18,21H,3-4,6,8,13-17H2,1-2H3,(H,26,27)(H2,24,25,28)/b7-5+/t18-,21-,31?/m0/s1. The van der Waals surface area contributed by atoms with E-state index in [1.165, 1.54) is 6.42 Å². The molecule has 1 aromatic carbocycles. The zero-order valence-electron chi connectivity index (χ0n) is 18.4. The van der Waals surface area contributed by atoms with Crippen LogP contribution in [0.25, 0.3) is 0 Å². The SMILES string of the molecule is CCCNP(=O)(NCCCl)OCc1ccc(NC(=O)O[C@H]2/C=C/CC[C@H](C)CC2)cc1. The van der Waals surface area contributed by atoms with Crippen LogP contribution < -0.4 is 15.5 Å². The molecular formula is C22H35ClN3O4P. The van der Waals surface area contributed by atoms with Crippen molar-refractivity contribution in [2.24, 2.45) is 5.92 Å². The minimum atomic E-state index is -3.16. The first kappa shape index (κ1) is 25.9. The first-order valence-electron chi connectivity index (χ1n) is 11.0. The van der Waals surface area contributed by atoms with Crippen molar-refractivity contribution in [2.45, 2.75) is 58.7 Å². The number of rotatable bonds is 11. The molecule has 7 nitrogen and oxygen atoms in total. The average Bonchev–Trinajstić information content (AvgIpc) is 2.75. The van der Waals surface area contributed by atoms with Crippen LogP contribution in [0, 0.1) is 5.92 Å². The first-order chi connectivity index (χ1) is 14.9. The fourth-order valence-electron chi connectivity index (χ4n) is 3.15. The van der Waals surface area contributed by atoms with E-state index in [2.05, 4.69) is 28.5 Å². The van der Waals surface area contributed by atoms with Crippen LogP contribution in [0.3, 0.4) is 0 Å². The third-order valence-corrected chi connectivity index (χ3v) is 6.94. The molecule has 0 heterocycles. The van der Waals surface area contributed by atoms with Crippen LogP contribution in [0.5, 0.6) is 0 Å². The Labute approximate surface area is 190 Å². The Balaban J connectivity index is 1.84. The summed E-state index contributed by atoms with van der Waals surface area (Å²) in [5.74, 6) is 0.985. The second kappa shape index (κ2) is 13.9. The Bertz CT molecular complexity index is 733. The summed E-state index contributed by atoms with van der Waals surface area (Å²) < 4.78 is 24.0. The van der Waals surface area contributed by atoms with Gasteiger partial charge in [0.15, 0.2) is 0 Å². The van der Waals surface area contributed by atoms with E-state index in [0.29, 0.717) is 30.6 Å². The van der Waals surface area contributed by atoms with Gasteiger partial charge in [-0.25, -0.2) is 15.0 Å². The Morgan fingerprint density at radius 2 is 1.90 bits per heavy atom. The summed E-state index contributed by atoms with van der Waals surface area (Å²) in [5.41, 5.74) is 1.46. The highest BCUT2D eigenvalue weighted by molar-refractivity contribution is 7.54. The van der Waals surface area contributed by atoms with E-state index < -0.39 is 13.8 Å². The lowest BCUT2D eigenvalue weighted by Gasteiger charge is -2.20.